The first-order chi connectivity index (χ1) is 38.9. The number of nitrogens with zero attached hydrogens (tertiary/aromatic N) is 2. The number of Topliss-reactive ketones (excluding diaryl/α,β-unsaturated/α-hetero) is 1. The molecule has 2 aromatic carbocycles. The number of ketones is 1. The van der Waals surface area contributed by atoms with Crippen molar-refractivity contribution in [3.05, 3.63) is 83.9 Å². The predicted octanol–water partition coefficient (Wildman–Crippen LogP) is 1.24. The second-order valence-corrected chi connectivity index (χ2v) is 22.0. The first kappa shape index (κ1) is 67.0. The molecule has 0 saturated carbocycles. The van der Waals surface area contributed by atoms with Crippen LogP contribution in [-0.2, 0) is 65.6 Å². The average molecular weight is 1140 g/mol. The van der Waals surface area contributed by atoms with Gasteiger partial charge in [0.1, 0.15) is 36.3 Å². The van der Waals surface area contributed by atoms with E-state index in [1.807, 2.05) is 11.8 Å². The van der Waals surface area contributed by atoms with Crippen LogP contribution in [0.3, 0.4) is 0 Å². The molecule has 10 N–H and O–H groups in total. The maximum Gasteiger partial charge on any atom is 0.326 e. The molecule has 2 aliphatic heterocycles. The van der Waals surface area contributed by atoms with Crippen LogP contribution in [0.1, 0.15) is 105 Å². The molecule has 0 spiro atoms. The van der Waals surface area contributed by atoms with E-state index < -0.39 is 137 Å². The molecule has 1 saturated heterocycles. The zero-order valence-corrected chi connectivity index (χ0v) is 48.5. The van der Waals surface area contributed by atoms with Gasteiger partial charge in [-0.2, -0.15) is 0 Å². The van der Waals surface area contributed by atoms with Gasteiger partial charge in [0.05, 0.1) is 12.1 Å². The number of allylic oxidation sites excluding steroid dienone is 1. The first-order valence-electron chi connectivity index (χ1n) is 28.4. The number of carboxylic acids is 2. The van der Waals surface area contributed by atoms with E-state index in [-0.39, 0.29) is 83.6 Å². The summed E-state index contributed by atoms with van der Waals surface area (Å²) in [5.41, 5.74) is 1.27. The van der Waals surface area contributed by atoms with Crippen LogP contribution in [0.4, 0.5) is 0 Å². The molecule has 82 heavy (non-hydrogen) atoms. The average Bonchev–Trinajstić information content (AvgIpc) is 3.47. The van der Waals surface area contributed by atoms with E-state index >= 15 is 0 Å². The largest absolute Gasteiger partial charge is 0.480 e. The van der Waals surface area contributed by atoms with E-state index in [9.17, 15) is 63.0 Å². The molecule has 450 valence electrons. The molecule has 2 aromatic rings. The predicted molar refractivity (Wildman–Crippen MR) is 305 cm³/mol. The molecule has 0 radical (unpaired) electrons. The van der Waals surface area contributed by atoms with Crippen LogP contribution in [0, 0.1) is 23.7 Å². The highest BCUT2D eigenvalue weighted by molar-refractivity contribution is 5.97. The third-order valence-corrected chi connectivity index (χ3v) is 15.0. The number of aliphatic carboxylic acids is 2. The molecule has 8 amide bonds. The van der Waals surface area contributed by atoms with Crippen LogP contribution in [0.15, 0.2) is 72.8 Å². The van der Waals surface area contributed by atoms with Crippen LogP contribution in [0.5, 0.6) is 0 Å². The number of likely N-dealkylation sites (N-methyl/N-ethyl adjacent to an activating group) is 1. The molecule has 23 nitrogen and oxygen atoms in total. The molecule has 1 unspecified atom stereocenters. The lowest BCUT2D eigenvalue weighted by Gasteiger charge is -2.42. The molecule has 11 atom stereocenters. The molecule has 4 rings (SSSR count). The monoisotopic (exact) mass is 1140 g/mol. The van der Waals surface area contributed by atoms with Crippen LogP contribution in [0.25, 0.3) is 0 Å². The highest BCUT2D eigenvalue weighted by atomic mass is 16.4. The van der Waals surface area contributed by atoms with Crippen LogP contribution in [-0.4, -0.2) is 173 Å². The minimum Gasteiger partial charge on any atom is -0.480 e. The van der Waals surface area contributed by atoms with Gasteiger partial charge in [-0.15, -0.1) is 0 Å². The molecular formula is C59H86N10O13. The van der Waals surface area contributed by atoms with Crippen molar-refractivity contribution >= 4 is 65.0 Å². The van der Waals surface area contributed by atoms with Crippen molar-refractivity contribution in [1.82, 2.24) is 52.3 Å². The Hall–Kier alpha value is -7.53. The van der Waals surface area contributed by atoms with Gasteiger partial charge in [-0.1, -0.05) is 114 Å². The van der Waals surface area contributed by atoms with Crippen LogP contribution < -0.4 is 42.5 Å². The third-order valence-electron chi connectivity index (χ3n) is 15.0. The third kappa shape index (κ3) is 21.1. The fraction of sp³-hybridized carbons (Fsp3) is 0.576. The van der Waals surface area contributed by atoms with Gasteiger partial charge < -0.3 is 57.6 Å². The summed E-state index contributed by atoms with van der Waals surface area (Å²) in [4.78, 5) is 155. The highest BCUT2D eigenvalue weighted by Crippen LogP contribution is 2.20. The summed E-state index contributed by atoms with van der Waals surface area (Å²) in [6.45, 7) is 12.5. The van der Waals surface area contributed by atoms with Crippen molar-refractivity contribution in [3.8, 4) is 0 Å². The van der Waals surface area contributed by atoms with Crippen molar-refractivity contribution in [2.45, 2.75) is 155 Å². The Morgan fingerprint density at radius 1 is 0.671 bits per heavy atom. The molecular weight excluding hydrogens is 1060 g/mol. The van der Waals surface area contributed by atoms with Gasteiger partial charge in [-0.3, -0.25) is 48.1 Å². The molecule has 0 aromatic heterocycles. The zero-order valence-electron chi connectivity index (χ0n) is 48.5. The number of fused-ring (bicyclic) bond motifs is 2. The van der Waals surface area contributed by atoms with Crippen molar-refractivity contribution < 1.29 is 63.0 Å². The summed E-state index contributed by atoms with van der Waals surface area (Å²) in [7, 11) is 1.58. The topological polar surface area (TPSA) is 331 Å². The summed E-state index contributed by atoms with van der Waals surface area (Å²) in [5.74, 6) is -10.8. The van der Waals surface area contributed by atoms with E-state index in [1.165, 1.54) is 4.90 Å². The lowest BCUT2D eigenvalue weighted by atomic mass is 9.89. The number of hydrogen-bond donors (Lipinski definition) is 10. The minimum absolute atomic E-state index is 0.00833. The quantitative estimate of drug-likeness (QED) is 0.0997. The summed E-state index contributed by atoms with van der Waals surface area (Å²) in [5, 5.41) is 42.6. The van der Waals surface area contributed by atoms with E-state index in [0.717, 1.165) is 0 Å². The summed E-state index contributed by atoms with van der Waals surface area (Å²) in [6.07, 6.45) is 2.09. The smallest absolute Gasteiger partial charge is 0.326 e. The number of nitrogens with one attached hydrogen (secondary N) is 8. The Bertz CT molecular complexity index is 2550. The fourth-order valence-electron chi connectivity index (χ4n) is 9.46. The van der Waals surface area contributed by atoms with Crippen molar-refractivity contribution in [2.24, 2.45) is 23.7 Å². The second kappa shape index (κ2) is 33.4. The standard InChI is InChI=1S/C59H86N10O13/c1-9-37(6)51(72)67-50(36(4)5)57(78)69-30-29-68-28-27-61-48(71)26-25-44(59(81)82)63-53(74)41(31-39-19-13-10-14-20-39)33-47(70)42(62-56(77)49(35(2)3)66-52(73)38(7)60-8)23-17-12-18-24-43(58(79)80)64-54(75)45(65-55(76)46(69)34-68)32-40-21-15-11-16-22-40/h10-17,19-22,35-38,41-46,49-50,60H,9,18,23-34H2,1-8H3,(H,61,71)(H,62,77)(H,63,74)(H,64,75)(H,65,76)(H,66,73)(H,67,72)(H,79,80)(H,81,82)/b17-12+/t37-,38+,41-,42+,43+,44+,45+,46+,49+,50+/m1/s1. The van der Waals surface area contributed by atoms with Gasteiger partial charge in [0, 0.05) is 63.8 Å². The number of benzene rings is 2. The van der Waals surface area contributed by atoms with Crippen molar-refractivity contribution in [1.29, 1.82) is 0 Å². The fourth-order valence-corrected chi connectivity index (χ4v) is 9.46. The second-order valence-electron chi connectivity index (χ2n) is 22.0. The van der Waals surface area contributed by atoms with E-state index in [2.05, 4.69) is 42.5 Å². The molecule has 0 aliphatic carbocycles. The van der Waals surface area contributed by atoms with Crippen molar-refractivity contribution in [2.75, 3.05) is 39.8 Å². The Labute approximate surface area is 480 Å². The lowest BCUT2D eigenvalue weighted by molar-refractivity contribution is -0.148. The summed E-state index contributed by atoms with van der Waals surface area (Å²) >= 11 is 0. The maximum absolute atomic E-state index is 14.8. The van der Waals surface area contributed by atoms with Gasteiger partial charge in [0.15, 0.2) is 5.78 Å². The number of carbonyl (C=O) groups is 11. The van der Waals surface area contributed by atoms with Gasteiger partial charge >= 0.3 is 11.9 Å². The van der Waals surface area contributed by atoms with Crippen LogP contribution in [0.2, 0.25) is 0 Å². The van der Waals surface area contributed by atoms with Crippen LogP contribution >= 0.6 is 0 Å². The number of carboxylic acid groups (broad SMARTS) is 2. The molecule has 23 heteroatoms. The normalized spacial score (nSPS) is 24.1. The minimum atomic E-state index is -1.56. The Balaban J connectivity index is 1.76. The Morgan fingerprint density at radius 2 is 1.26 bits per heavy atom. The van der Waals surface area contributed by atoms with E-state index in [0.29, 0.717) is 17.5 Å². The molecule has 1 fully saturated rings. The number of rotatable bonds is 17. The lowest BCUT2D eigenvalue weighted by Crippen LogP contribution is -2.66. The first-order valence-corrected chi connectivity index (χ1v) is 28.4. The molecule has 2 heterocycles. The molecule has 2 aliphatic rings. The molecule has 2 bridgehead atoms. The summed E-state index contributed by atoms with van der Waals surface area (Å²) in [6, 6.07) is 7.69. The highest BCUT2D eigenvalue weighted by Gasteiger charge is 2.41. The van der Waals surface area contributed by atoms with E-state index in [4.69, 9.17) is 0 Å². The summed E-state index contributed by atoms with van der Waals surface area (Å²) < 4.78 is 0. The number of piperazine rings is 1. The van der Waals surface area contributed by atoms with Gasteiger partial charge in [-0.25, -0.2) is 9.59 Å². The van der Waals surface area contributed by atoms with E-state index in [1.54, 1.807) is 121 Å². The zero-order chi connectivity index (χ0) is 60.6. The van der Waals surface area contributed by atoms with Crippen molar-refractivity contribution in [3.63, 3.8) is 0 Å². The SMILES string of the molecule is CC[C@@H](C)C(=O)N[C@H](C(=O)N1CCN2CCNC(=O)CC[C@@H](C(=O)O)NC(=O)[C@H](Cc3ccccc3)CC(=O)[C@@H](NC(=O)[C@@H](NC(=O)[C@H](C)NC)C(C)C)C/C=C/CC[C@@H](C(=O)O)NC(=O)[C@H](Cc3ccccc3)NC(=O)[C@@H]1C2)C(C)C. The van der Waals surface area contributed by atoms with Gasteiger partial charge in [0.2, 0.25) is 47.3 Å². The Morgan fingerprint density at radius 3 is 1.84 bits per heavy atom. The number of hydrogen-bond acceptors (Lipinski definition) is 13. The maximum atomic E-state index is 14.8. The number of amides is 8. The Kier molecular flexibility index (Phi) is 27.3. The number of carbonyl (C=O) groups excluding carboxylic acids is 9. The van der Waals surface area contributed by atoms with Gasteiger partial charge in [0.25, 0.3) is 0 Å². The van der Waals surface area contributed by atoms with Gasteiger partial charge in [-0.05, 0) is 75.5 Å².